The highest BCUT2D eigenvalue weighted by molar-refractivity contribution is 5.95. The topological polar surface area (TPSA) is 73.6 Å². The first kappa shape index (κ1) is 18.9. The van der Waals surface area contributed by atoms with Crippen LogP contribution in [0.3, 0.4) is 0 Å². The maximum atomic E-state index is 12.3. The van der Waals surface area contributed by atoms with Crippen LogP contribution < -0.4 is 20.5 Å². The molecule has 6 heteroatoms. The molecule has 134 valence electrons. The molecule has 0 atom stereocenters. The number of carbonyl (C=O) groups excluding carboxylic acids is 1. The van der Waals surface area contributed by atoms with Gasteiger partial charge >= 0.3 is 0 Å². The molecular formula is C19H23ClN2O3. The fourth-order valence-electron chi connectivity index (χ4n) is 2.71. The Morgan fingerprint density at radius 1 is 1.12 bits per heavy atom. The molecule has 0 spiro atoms. The molecule has 0 saturated carbocycles. The first-order chi connectivity index (χ1) is 11.5. The SMILES string of the molecule is CC(C)Cc1ccc(CC(=O)Nc2cc3c(cc2N)OCO3)cc1.Cl. The first-order valence-corrected chi connectivity index (χ1v) is 8.08. The highest BCUT2D eigenvalue weighted by Crippen LogP contribution is 2.38. The monoisotopic (exact) mass is 362 g/mol. The zero-order valence-electron chi connectivity index (χ0n) is 14.4. The zero-order valence-corrected chi connectivity index (χ0v) is 15.2. The average molecular weight is 363 g/mol. The van der Waals surface area contributed by atoms with Gasteiger partial charge in [-0.2, -0.15) is 0 Å². The molecule has 25 heavy (non-hydrogen) atoms. The lowest BCUT2D eigenvalue weighted by atomic mass is 10.0. The first-order valence-electron chi connectivity index (χ1n) is 8.08. The van der Waals surface area contributed by atoms with Gasteiger partial charge < -0.3 is 20.5 Å². The van der Waals surface area contributed by atoms with Gasteiger partial charge in [0.1, 0.15) is 0 Å². The molecule has 0 radical (unpaired) electrons. The number of nitrogens with one attached hydrogen (secondary N) is 1. The predicted molar refractivity (Wildman–Crippen MR) is 102 cm³/mol. The normalized spacial score (nSPS) is 12.0. The number of halogens is 1. The third kappa shape index (κ3) is 4.79. The molecule has 2 aromatic carbocycles. The Labute approximate surface area is 153 Å². The molecule has 1 amide bonds. The molecule has 0 saturated heterocycles. The Balaban J connectivity index is 0.00000225. The molecule has 1 aliphatic rings. The van der Waals surface area contributed by atoms with Gasteiger partial charge in [-0.25, -0.2) is 0 Å². The number of nitrogens with two attached hydrogens (primary N) is 1. The Morgan fingerprint density at radius 2 is 1.72 bits per heavy atom. The van der Waals surface area contributed by atoms with Crippen LogP contribution >= 0.6 is 12.4 Å². The van der Waals surface area contributed by atoms with Crippen LogP contribution in [0.25, 0.3) is 0 Å². The van der Waals surface area contributed by atoms with E-state index in [1.807, 2.05) is 12.1 Å². The van der Waals surface area contributed by atoms with E-state index in [2.05, 4.69) is 31.3 Å². The van der Waals surface area contributed by atoms with Gasteiger partial charge in [0.05, 0.1) is 17.8 Å². The number of fused-ring (bicyclic) bond motifs is 1. The van der Waals surface area contributed by atoms with E-state index in [0.29, 0.717) is 35.2 Å². The zero-order chi connectivity index (χ0) is 17.1. The smallest absolute Gasteiger partial charge is 0.231 e. The largest absolute Gasteiger partial charge is 0.454 e. The van der Waals surface area contributed by atoms with Crippen molar-refractivity contribution in [2.24, 2.45) is 5.92 Å². The molecule has 1 heterocycles. The van der Waals surface area contributed by atoms with E-state index in [4.69, 9.17) is 15.2 Å². The molecule has 0 aromatic heterocycles. The van der Waals surface area contributed by atoms with Crippen LogP contribution in [-0.2, 0) is 17.6 Å². The lowest BCUT2D eigenvalue weighted by molar-refractivity contribution is -0.115. The summed E-state index contributed by atoms with van der Waals surface area (Å²) in [6, 6.07) is 11.5. The van der Waals surface area contributed by atoms with Crippen molar-refractivity contribution in [2.45, 2.75) is 26.7 Å². The quantitative estimate of drug-likeness (QED) is 0.793. The summed E-state index contributed by atoms with van der Waals surface area (Å²) in [5.41, 5.74) is 9.21. The number of anilines is 2. The highest BCUT2D eigenvalue weighted by Gasteiger charge is 2.17. The van der Waals surface area contributed by atoms with Crippen LogP contribution in [0.1, 0.15) is 25.0 Å². The number of hydrogen-bond acceptors (Lipinski definition) is 4. The summed E-state index contributed by atoms with van der Waals surface area (Å²) < 4.78 is 10.6. The Morgan fingerprint density at radius 3 is 2.36 bits per heavy atom. The van der Waals surface area contributed by atoms with Crippen LogP contribution in [0, 0.1) is 5.92 Å². The van der Waals surface area contributed by atoms with E-state index in [1.54, 1.807) is 12.1 Å². The second kappa shape index (κ2) is 8.12. The number of hydrogen-bond donors (Lipinski definition) is 2. The van der Waals surface area contributed by atoms with Crippen LogP contribution in [0.2, 0.25) is 0 Å². The van der Waals surface area contributed by atoms with Crippen molar-refractivity contribution < 1.29 is 14.3 Å². The molecular weight excluding hydrogens is 340 g/mol. The summed E-state index contributed by atoms with van der Waals surface area (Å²) >= 11 is 0. The van der Waals surface area contributed by atoms with Crippen LogP contribution in [0.4, 0.5) is 11.4 Å². The lowest BCUT2D eigenvalue weighted by Gasteiger charge is -2.10. The summed E-state index contributed by atoms with van der Waals surface area (Å²) in [6.45, 7) is 4.56. The molecule has 0 bridgehead atoms. The Kier molecular flexibility index (Phi) is 6.15. The van der Waals surface area contributed by atoms with Gasteiger partial charge in [0.15, 0.2) is 11.5 Å². The van der Waals surface area contributed by atoms with E-state index in [9.17, 15) is 4.79 Å². The summed E-state index contributed by atoms with van der Waals surface area (Å²) in [5, 5.41) is 2.84. The van der Waals surface area contributed by atoms with Gasteiger partial charge in [-0.05, 0) is 23.5 Å². The van der Waals surface area contributed by atoms with Crippen molar-refractivity contribution in [1.29, 1.82) is 0 Å². The summed E-state index contributed by atoms with van der Waals surface area (Å²) in [6.07, 6.45) is 1.34. The number of nitrogen functional groups attached to an aromatic ring is 1. The summed E-state index contributed by atoms with van der Waals surface area (Å²) in [7, 11) is 0. The van der Waals surface area contributed by atoms with Gasteiger partial charge in [0.2, 0.25) is 12.7 Å². The highest BCUT2D eigenvalue weighted by atomic mass is 35.5. The van der Waals surface area contributed by atoms with E-state index in [-0.39, 0.29) is 25.1 Å². The molecule has 0 fully saturated rings. The van der Waals surface area contributed by atoms with Gasteiger partial charge in [0.25, 0.3) is 0 Å². The van der Waals surface area contributed by atoms with Crippen molar-refractivity contribution in [3.05, 3.63) is 47.5 Å². The number of amides is 1. The average Bonchev–Trinajstić information content (AvgIpc) is 2.96. The minimum absolute atomic E-state index is 0. The molecule has 1 aliphatic heterocycles. The van der Waals surface area contributed by atoms with E-state index < -0.39 is 0 Å². The number of benzene rings is 2. The predicted octanol–water partition coefficient (Wildman–Crippen LogP) is 3.80. The van der Waals surface area contributed by atoms with Gasteiger partial charge in [-0.15, -0.1) is 12.4 Å². The van der Waals surface area contributed by atoms with E-state index in [0.717, 1.165) is 12.0 Å². The van der Waals surface area contributed by atoms with Crippen LogP contribution in [0.5, 0.6) is 11.5 Å². The molecule has 3 rings (SSSR count). The van der Waals surface area contributed by atoms with E-state index in [1.165, 1.54) is 5.56 Å². The third-order valence-electron chi connectivity index (χ3n) is 3.85. The molecule has 2 aromatic rings. The van der Waals surface area contributed by atoms with Crippen LogP contribution in [0.15, 0.2) is 36.4 Å². The lowest BCUT2D eigenvalue weighted by Crippen LogP contribution is -2.15. The minimum atomic E-state index is -0.114. The standard InChI is InChI=1S/C19H22N2O3.ClH/c1-12(2)7-13-3-5-14(6-4-13)8-19(22)21-16-10-18-17(9-15(16)20)23-11-24-18;/h3-6,9-10,12H,7-8,11,20H2,1-2H3,(H,21,22);1H. The fraction of sp³-hybridized carbons (Fsp3) is 0.316. The Bertz CT molecular complexity index is 745. The summed E-state index contributed by atoms with van der Waals surface area (Å²) in [4.78, 5) is 12.3. The van der Waals surface area contributed by atoms with Gasteiger partial charge in [-0.1, -0.05) is 38.1 Å². The van der Waals surface area contributed by atoms with Crippen molar-refractivity contribution >= 4 is 29.7 Å². The number of ether oxygens (including phenoxy) is 2. The number of carbonyl (C=O) groups is 1. The number of rotatable bonds is 5. The maximum absolute atomic E-state index is 12.3. The molecule has 3 N–H and O–H groups in total. The molecule has 5 nitrogen and oxygen atoms in total. The molecule has 0 unspecified atom stereocenters. The van der Waals surface area contributed by atoms with Gasteiger partial charge in [-0.3, -0.25) is 4.79 Å². The van der Waals surface area contributed by atoms with Crippen molar-refractivity contribution in [1.82, 2.24) is 0 Å². The van der Waals surface area contributed by atoms with Crippen molar-refractivity contribution in [3.8, 4) is 11.5 Å². The molecule has 0 aliphatic carbocycles. The minimum Gasteiger partial charge on any atom is -0.454 e. The fourth-order valence-corrected chi connectivity index (χ4v) is 2.71. The maximum Gasteiger partial charge on any atom is 0.231 e. The van der Waals surface area contributed by atoms with Crippen molar-refractivity contribution in [3.63, 3.8) is 0 Å². The Hall–Kier alpha value is -2.40. The second-order valence-corrected chi connectivity index (χ2v) is 6.43. The van der Waals surface area contributed by atoms with Gasteiger partial charge in [0, 0.05) is 12.1 Å². The van der Waals surface area contributed by atoms with Crippen LogP contribution in [-0.4, -0.2) is 12.7 Å². The van der Waals surface area contributed by atoms with Crippen molar-refractivity contribution in [2.75, 3.05) is 17.8 Å². The van der Waals surface area contributed by atoms with E-state index >= 15 is 0 Å². The third-order valence-corrected chi connectivity index (χ3v) is 3.85. The second-order valence-electron chi connectivity index (χ2n) is 6.43. The summed E-state index contributed by atoms with van der Waals surface area (Å²) in [5.74, 6) is 1.70.